The highest BCUT2D eigenvalue weighted by atomic mass is 79.9. The van der Waals surface area contributed by atoms with E-state index in [2.05, 4.69) is 21.2 Å². The second-order valence-electron chi connectivity index (χ2n) is 10.5. The zero-order chi connectivity index (χ0) is 29.7. The van der Waals surface area contributed by atoms with Gasteiger partial charge < -0.3 is 10.2 Å². The molecule has 2 amide bonds. The van der Waals surface area contributed by atoms with E-state index >= 15 is 0 Å². The Balaban J connectivity index is 2.08. The predicted octanol–water partition coefficient (Wildman–Crippen LogP) is 5.05. The molecule has 11 heteroatoms. The second-order valence-corrected chi connectivity index (χ2v) is 13.3. The lowest BCUT2D eigenvalue weighted by atomic mass is 10.0. The third-order valence-corrected chi connectivity index (χ3v) is 7.58. The molecule has 3 aromatic rings. The summed E-state index contributed by atoms with van der Waals surface area (Å²) >= 11 is 3.39. The number of benzene rings is 3. The number of nitrogens with one attached hydrogen (secondary N) is 1. The van der Waals surface area contributed by atoms with Crippen LogP contribution in [-0.4, -0.2) is 49.5 Å². The van der Waals surface area contributed by atoms with Crippen molar-refractivity contribution in [3.63, 3.8) is 0 Å². The molecule has 0 spiro atoms. The van der Waals surface area contributed by atoms with E-state index in [0.717, 1.165) is 34.5 Å². The first-order chi connectivity index (χ1) is 18.6. The predicted molar refractivity (Wildman–Crippen MR) is 155 cm³/mol. The molecule has 0 saturated carbocycles. The van der Waals surface area contributed by atoms with Crippen LogP contribution >= 0.6 is 15.9 Å². The van der Waals surface area contributed by atoms with Crippen molar-refractivity contribution in [1.29, 1.82) is 0 Å². The summed E-state index contributed by atoms with van der Waals surface area (Å²) in [5.41, 5.74) is 0.683. The summed E-state index contributed by atoms with van der Waals surface area (Å²) in [5.74, 6) is -3.51. The molecule has 0 radical (unpaired) electrons. The number of anilines is 1. The molecule has 0 fully saturated rings. The maximum absolute atomic E-state index is 14.0. The van der Waals surface area contributed by atoms with Gasteiger partial charge in [0.2, 0.25) is 21.8 Å². The Morgan fingerprint density at radius 2 is 1.55 bits per heavy atom. The molecule has 214 valence electrons. The van der Waals surface area contributed by atoms with Crippen molar-refractivity contribution in [3.8, 4) is 0 Å². The number of hydrogen-bond donors (Lipinski definition) is 1. The fourth-order valence-electron chi connectivity index (χ4n) is 4.05. The Morgan fingerprint density at radius 3 is 2.10 bits per heavy atom. The highest BCUT2D eigenvalue weighted by molar-refractivity contribution is 9.10. The van der Waals surface area contributed by atoms with Gasteiger partial charge in [-0.1, -0.05) is 58.4 Å². The average molecular weight is 637 g/mol. The van der Waals surface area contributed by atoms with Crippen LogP contribution in [0.2, 0.25) is 0 Å². The van der Waals surface area contributed by atoms with E-state index in [-0.39, 0.29) is 18.7 Å². The Kier molecular flexibility index (Phi) is 10.1. The minimum atomic E-state index is -4.10. The SMILES string of the molecule is CC(C)(C)NC(=O)C(Cc1ccccc1)N(Cc1ccc(Br)cc1)C(=O)CN(c1ccc(F)c(F)c1)S(C)(=O)=O. The number of nitrogens with zero attached hydrogens (tertiary/aromatic N) is 2. The highest BCUT2D eigenvalue weighted by Crippen LogP contribution is 2.23. The number of hydrogen-bond acceptors (Lipinski definition) is 4. The molecule has 3 rings (SSSR count). The van der Waals surface area contributed by atoms with Crippen LogP contribution in [0.25, 0.3) is 0 Å². The summed E-state index contributed by atoms with van der Waals surface area (Å²) in [6, 6.07) is 17.9. The fraction of sp³-hybridized carbons (Fsp3) is 0.310. The molecule has 0 heterocycles. The summed E-state index contributed by atoms with van der Waals surface area (Å²) < 4.78 is 54.6. The average Bonchev–Trinajstić information content (AvgIpc) is 2.86. The van der Waals surface area contributed by atoms with Crippen molar-refractivity contribution in [3.05, 3.63) is 100 Å². The minimum absolute atomic E-state index is 0.00342. The largest absolute Gasteiger partial charge is 0.350 e. The van der Waals surface area contributed by atoms with E-state index in [4.69, 9.17) is 0 Å². The summed E-state index contributed by atoms with van der Waals surface area (Å²) in [4.78, 5) is 28.9. The lowest BCUT2D eigenvalue weighted by Crippen LogP contribution is -2.56. The van der Waals surface area contributed by atoms with Crippen molar-refractivity contribution in [2.24, 2.45) is 0 Å². The van der Waals surface area contributed by atoms with Crippen LogP contribution in [0.15, 0.2) is 77.3 Å². The Morgan fingerprint density at radius 1 is 0.925 bits per heavy atom. The fourth-order valence-corrected chi connectivity index (χ4v) is 5.15. The zero-order valence-corrected chi connectivity index (χ0v) is 25.1. The number of sulfonamides is 1. The van der Waals surface area contributed by atoms with Gasteiger partial charge >= 0.3 is 0 Å². The van der Waals surface area contributed by atoms with Crippen molar-refractivity contribution in [2.75, 3.05) is 17.1 Å². The van der Waals surface area contributed by atoms with Crippen LogP contribution in [0, 0.1) is 11.6 Å². The third-order valence-electron chi connectivity index (χ3n) is 5.91. The standard InChI is InChI=1S/C29H32BrF2N3O4S/c1-29(2,3)33-28(37)26(16-20-8-6-5-7-9-20)34(18-21-10-12-22(30)13-11-21)27(36)19-35(40(4,38)39)23-14-15-24(31)25(32)17-23/h5-15,17,26H,16,18-19H2,1-4H3,(H,33,37). The number of carbonyl (C=O) groups excluding carboxylic acids is 2. The molecule has 0 bridgehead atoms. The summed E-state index contributed by atoms with van der Waals surface area (Å²) in [6.45, 7) is 4.73. The maximum Gasteiger partial charge on any atom is 0.244 e. The number of carbonyl (C=O) groups is 2. The van der Waals surface area contributed by atoms with Crippen LogP contribution in [0.4, 0.5) is 14.5 Å². The molecular weight excluding hydrogens is 604 g/mol. The van der Waals surface area contributed by atoms with Crippen molar-refractivity contribution >= 4 is 43.5 Å². The van der Waals surface area contributed by atoms with Gasteiger partial charge in [0.25, 0.3) is 0 Å². The van der Waals surface area contributed by atoms with Gasteiger partial charge in [-0.15, -0.1) is 0 Å². The summed E-state index contributed by atoms with van der Waals surface area (Å²) in [7, 11) is -4.10. The molecule has 0 aliphatic carbocycles. The van der Waals surface area contributed by atoms with Gasteiger partial charge in [0.05, 0.1) is 11.9 Å². The molecule has 7 nitrogen and oxygen atoms in total. The maximum atomic E-state index is 14.0. The van der Waals surface area contributed by atoms with E-state index < -0.39 is 51.6 Å². The quantitative estimate of drug-likeness (QED) is 0.338. The van der Waals surface area contributed by atoms with Crippen LogP contribution in [-0.2, 0) is 32.6 Å². The van der Waals surface area contributed by atoms with E-state index in [0.29, 0.717) is 9.87 Å². The number of halogens is 3. The molecular formula is C29H32BrF2N3O4S. The van der Waals surface area contributed by atoms with Gasteiger partial charge in [-0.25, -0.2) is 17.2 Å². The molecule has 1 N–H and O–H groups in total. The van der Waals surface area contributed by atoms with E-state index in [1.165, 1.54) is 4.90 Å². The smallest absolute Gasteiger partial charge is 0.244 e. The third kappa shape index (κ3) is 8.85. The minimum Gasteiger partial charge on any atom is -0.350 e. The summed E-state index contributed by atoms with van der Waals surface area (Å²) in [6.07, 6.45) is 1.03. The first-order valence-corrected chi connectivity index (χ1v) is 15.1. The summed E-state index contributed by atoms with van der Waals surface area (Å²) in [5, 5.41) is 2.94. The lowest BCUT2D eigenvalue weighted by Gasteiger charge is -2.35. The van der Waals surface area contributed by atoms with Gasteiger partial charge in [-0.3, -0.25) is 13.9 Å². The highest BCUT2D eigenvalue weighted by Gasteiger charge is 2.34. The van der Waals surface area contributed by atoms with Gasteiger partial charge in [0, 0.05) is 29.0 Å². The molecule has 40 heavy (non-hydrogen) atoms. The van der Waals surface area contributed by atoms with Crippen LogP contribution in [0.1, 0.15) is 31.9 Å². The second kappa shape index (κ2) is 12.9. The number of amides is 2. The van der Waals surface area contributed by atoms with E-state index in [1.54, 1.807) is 24.3 Å². The number of rotatable bonds is 10. The first kappa shape index (κ1) is 31.2. The molecule has 3 aromatic carbocycles. The molecule has 0 aliphatic heterocycles. The Hall–Kier alpha value is -3.31. The topological polar surface area (TPSA) is 86.8 Å². The van der Waals surface area contributed by atoms with Crippen LogP contribution < -0.4 is 9.62 Å². The van der Waals surface area contributed by atoms with Crippen LogP contribution in [0.5, 0.6) is 0 Å². The van der Waals surface area contributed by atoms with Gasteiger partial charge in [0.15, 0.2) is 11.6 Å². The Bertz CT molecular complexity index is 1450. The molecule has 0 aromatic heterocycles. The zero-order valence-electron chi connectivity index (χ0n) is 22.7. The van der Waals surface area contributed by atoms with Crippen LogP contribution in [0.3, 0.4) is 0 Å². The lowest BCUT2D eigenvalue weighted by molar-refractivity contribution is -0.140. The van der Waals surface area contributed by atoms with Gasteiger partial charge in [-0.05, 0) is 56.2 Å². The van der Waals surface area contributed by atoms with E-state index in [9.17, 15) is 26.8 Å². The molecule has 0 saturated heterocycles. The van der Waals surface area contributed by atoms with Gasteiger partial charge in [0.1, 0.15) is 12.6 Å². The normalized spacial score (nSPS) is 12.5. The van der Waals surface area contributed by atoms with Gasteiger partial charge in [-0.2, -0.15) is 0 Å². The molecule has 0 aliphatic rings. The van der Waals surface area contributed by atoms with Crippen molar-refractivity contribution < 1.29 is 26.8 Å². The Labute approximate surface area is 242 Å². The molecule has 1 atom stereocenters. The van der Waals surface area contributed by atoms with Crippen molar-refractivity contribution in [2.45, 2.75) is 45.3 Å². The first-order valence-electron chi connectivity index (χ1n) is 12.5. The van der Waals surface area contributed by atoms with Crippen molar-refractivity contribution in [1.82, 2.24) is 10.2 Å². The monoisotopic (exact) mass is 635 g/mol. The molecule has 1 unspecified atom stereocenters. The van der Waals surface area contributed by atoms with E-state index in [1.807, 2.05) is 51.1 Å².